The molecule has 7 heteroatoms. The lowest BCUT2D eigenvalue weighted by atomic mass is 10.2. The molecule has 0 saturated carbocycles. The van der Waals surface area contributed by atoms with Crippen LogP contribution in [-0.4, -0.2) is 27.2 Å². The van der Waals surface area contributed by atoms with Gasteiger partial charge in [-0.3, -0.25) is 19.4 Å². The van der Waals surface area contributed by atoms with Gasteiger partial charge in [0.2, 0.25) is 0 Å². The second kappa shape index (κ2) is 6.03. The lowest BCUT2D eigenvalue weighted by Gasteiger charge is -2.12. The molecule has 2 heterocycles. The molecule has 0 radical (unpaired) electrons. The normalized spacial score (nSPS) is 22.6. The van der Waals surface area contributed by atoms with Gasteiger partial charge in [-0.05, 0) is 19.3 Å². The Morgan fingerprint density at radius 1 is 1.47 bits per heavy atom. The molecule has 2 atom stereocenters. The van der Waals surface area contributed by atoms with Crippen LogP contribution >= 0.6 is 0 Å². The Morgan fingerprint density at radius 3 is 2.89 bits per heavy atom. The van der Waals surface area contributed by atoms with Crippen LogP contribution in [-0.2, 0) is 22.6 Å². The van der Waals surface area contributed by atoms with E-state index in [-0.39, 0.29) is 17.7 Å². The number of nitrogens with two attached hydrogens (primary N) is 1. The molecule has 1 aromatic heterocycles. The van der Waals surface area contributed by atoms with Crippen molar-refractivity contribution in [3.8, 4) is 0 Å². The summed E-state index contributed by atoms with van der Waals surface area (Å²) in [6.07, 6.45) is 5.24. The summed E-state index contributed by atoms with van der Waals surface area (Å²) < 4.78 is 8.89. The first-order chi connectivity index (χ1) is 9.15. The Labute approximate surface area is 111 Å². The quantitative estimate of drug-likeness (QED) is 0.432. The molecule has 19 heavy (non-hydrogen) atoms. The van der Waals surface area contributed by atoms with E-state index in [4.69, 9.17) is 10.6 Å². The van der Waals surface area contributed by atoms with E-state index in [9.17, 15) is 9.59 Å². The molecule has 1 aliphatic heterocycles. The van der Waals surface area contributed by atoms with Crippen molar-refractivity contribution in [2.24, 2.45) is 5.84 Å². The Balaban J connectivity index is 1.96. The Hall–Kier alpha value is -1.60. The predicted molar refractivity (Wildman–Crippen MR) is 69.2 cm³/mol. The van der Waals surface area contributed by atoms with Crippen LogP contribution in [0, 0.1) is 0 Å². The average Bonchev–Trinajstić information content (AvgIpc) is 3.00. The maximum Gasteiger partial charge on any atom is 0.328 e. The first-order valence-electron chi connectivity index (χ1n) is 6.57. The number of aromatic nitrogens is 2. The third-order valence-corrected chi connectivity index (χ3v) is 3.33. The van der Waals surface area contributed by atoms with E-state index >= 15 is 0 Å². The number of hydrogen-bond acceptors (Lipinski definition) is 4. The fraction of sp³-hybridized carbons (Fsp3) is 0.667. The second-order valence-corrected chi connectivity index (χ2v) is 4.76. The van der Waals surface area contributed by atoms with Crippen LogP contribution in [0.15, 0.2) is 17.2 Å². The van der Waals surface area contributed by atoms with Crippen molar-refractivity contribution >= 4 is 5.91 Å². The standard InChI is InChI=1S/C12H20N4O3/c1-2-5-15-6-7-16(12(15)18)8-9-3-4-10(19-9)11(17)14-13/h6-7,9-10H,2-5,8,13H2,1H3,(H,14,17). The van der Waals surface area contributed by atoms with Crippen molar-refractivity contribution in [1.29, 1.82) is 0 Å². The first kappa shape index (κ1) is 13.8. The maximum absolute atomic E-state index is 12.0. The molecular weight excluding hydrogens is 248 g/mol. The monoisotopic (exact) mass is 268 g/mol. The number of ether oxygens (including phenoxy) is 1. The molecule has 106 valence electrons. The number of hydrogen-bond donors (Lipinski definition) is 2. The van der Waals surface area contributed by atoms with Crippen LogP contribution < -0.4 is 17.0 Å². The summed E-state index contributed by atoms with van der Waals surface area (Å²) in [5.41, 5.74) is 2.06. The Bertz CT molecular complexity index is 493. The minimum absolute atomic E-state index is 0.0304. The van der Waals surface area contributed by atoms with E-state index in [1.54, 1.807) is 21.5 Å². The van der Waals surface area contributed by atoms with Crippen LogP contribution in [0.2, 0.25) is 0 Å². The zero-order chi connectivity index (χ0) is 13.8. The summed E-state index contributed by atoms with van der Waals surface area (Å²) in [6, 6.07) is 0. The van der Waals surface area contributed by atoms with E-state index in [1.807, 2.05) is 6.92 Å². The minimum Gasteiger partial charge on any atom is -0.363 e. The molecular formula is C12H20N4O3. The van der Waals surface area contributed by atoms with Crippen LogP contribution in [0.1, 0.15) is 26.2 Å². The van der Waals surface area contributed by atoms with Crippen molar-refractivity contribution in [1.82, 2.24) is 14.6 Å². The number of rotatable bonds is 5. The molecule has 1 aliphatic rings. The number of carbonyl (C=O) groups excluding carboxylic acids is 1. The maximum atomic E-state index is 12.0. The van der Waals surface area contributed by atoms with Gasteiger partial charge in [-0.2, -0.15) is 0 Å². The van der Waals surface area contributed by atoms with Crippen LogP contribution in [0.4, 0.5) is 0 Å². The molecule has 0 aromatic carbocycles. The van der Waals surface area contributed by atoms with Gasteiger partial charge >= 0.3 is 5.69 Å². The van der Waals surface area contributed by atoms with Crippen molar-refractivity contribution in [3.05, 3.63) is 22.9 Å². The highest BCUT2D eigenvalue weighted by atomic mass is 16.5. The van der Waals surface area contributed by atoms with Gasteiger partial charge in [-0.15, -0.1) is 0 Å². The summed E-state index contributed by atoms with van der Waals surface area (Å²) in [5.74, 6) is 4.77. The van der Waals surface area contributed by atoms with Gasteiger partial charge in [0.15, 0.2) is 0 Å². The summed E-state index contributed by atoms with van der Waals surface area (Å²) in [4.78, 5) is 23.3. The van der Waals surface area contributed by atoms with Gasteiger partial charge in [0, 0.05) is 18.9 Å². The molecule has 1 fully saturated rings. The molecule has 7 nitrogen and oxygen atoms in total. The highest BCUT2D eigenvalue weighted by Gasteiger charge is 2.30. The lowest BCUT2D eigenvalue weighted by Crippen LogP contribution is -2.39. The van der Waals surface area contributed by atoms with Crippen molar-refractivity contribution < 1.29 is 9.53 Å². The number of imidazole rings is 1. The number of aryl methyl sites for hydroxylation is 1. The van der Waals surface area contributed by atoms with E-state index in [2.05, 4.69) is 5.43 Å². The highest BCUT2D eigenvalue weighted by Crippen LogP contribution is 2.20. The molecule has 3 N–H and O–H groups in total. The Kier molecular flexibility index (Phi) is 4.39. The fourth-order valence-corrected chi connectivity index (χ4v) is 2.35. The van der Waals surface area contributed by atoms with Crippen LogP contribution in [0.25, 0.3) is 0 Å². The number of amides is 1. The number of nitrogens with one attached hydrogen (secondary N) is 1. The van der Waals surface area contributed by atoms with Gasteiger partial charge < -0.3 is 4.74 Å². The fourth-order valence-electron chi connectivity index (χ4n) is 2.35. The molecule has 0 bridgehead atoms. The van der Waals surface area contributed by atoms with Crippen LogP contribution in [0.5, 0.6) is 0 Å². The highest BCUT2D eigenvalue weighted by molar-refractivity contribution is 5.80. The van der Waals surface area contributed by atoms with E-state index in [1.165, 1.54) is 0 Å². The number of nitrogens with zero attached hydrogens (tertiary/aromatic N) is 2. The molecule has 1 aromatic rings. The molecule has 0 spiro atoms. The van der Waals surface area contributed by atoms with Gasteiger partial charge in [0.05, 0.1) is 12.6 Å². The van der Waals surface area contributed by atoms with E-state index in [0.717, 1.165) is 19.4 Å². The topological polar surface area (TPSA) is 91.3 Å². The largest absolute Gasteiger partial charge is 0.363 e. The van der Waals surface area contributed by atoms with E-state index in [0.29, 0.717) is 13.0 Å². The van der Waals surface area contributed by atoms with Crippen LogP contribution in [0.3, 0.4) is 0 Å². The van der Waals surface area contributed by atoms with E-state index < -0.39 is 6.10 Å². The third kappa shape index (κ3) is 3.05. The zero-order valence-corrected chi connectivity index (χ0v) is 11.0. The lowest BCUT2D eigenvalue weighted by molar-refractivity contribution is -0.132. The molecule has 1 amide bonds. The molecule has 2 unspecified atom stereocenters. The Morgan fingerprint density at radius 2 is 2.21 bits per heavy atom. The van der Waals surface area contributed by atoms with Crippen molar-refractivity contribution in [3.63, 3.8) is 0 Å². The second-order valence-electron chi connectivity index (χ2n) is 4.76. The van der Waals surface area contributed by atoms with Gasteiger partial charge in [0.1, 0.15) is 6.10 Å². The van der Waals surface area contributed by atoms with Gasteiger partial charge in [-0.25, -0.2) is 10.6 Å². The molecule has 0 aliphatic carbocycles. The van der Waals surface area contributed by atoms with Crippen molar-refractivity contribution in [2.75, 3.05) is 0 Å². The molecule has 2 rings (SSSR count). The third-order valence-electron chi connectivity index (χ3n) is 3.33. The summed E-state index contributed by atoms with van der Waals surface area (Å²) in [5, 5.41) is 0. The summed E-state index contributed by atoms with van der Waals surface area (Å²) in [7, 11) is 0. The molecule has 1 saturated heterocycles. The summed E-state index contributed by atoms with van der Waals surface area (Å²) >= 11 is 0. The van der Waals surface area contributed by atoms with Gasteiger partial charge in [0.25, 0.3) is 5.91 Å². The predicted octanol–water partition coefficient (Wildman–Crippen LogP) is -0.403. The first-order valence-corrected chi connectivity index (χ1v) is 6.57. The average molecular weight is 268 g/mol. The minimum atomic E-state index is -0.497. The summed E-state index contributed by atoms with van der Waals surface area (Å²) in [6.45, 7) is 3.22. The number of carbonyl (C=O) groups is 1. The smallest absolute Gasteiger partial charge is 0.328 e. The number of hydrazine groups is 1. The van der Waals surface area contributed by atoms with Gasteiger partial charge in [-0.1, -0.05) is 6.92 Å². The van der Waals surface area contributed by atoms with Crippen molar-refractivity contribution in [2.45, 2.75) is 51.5 Å². The SMILES string of the molecule is CCCn1ccn(CC2CCC(C(=O)NN)O2)c1=O. The zero-order valence-electron chi connectivity index (χ0n) is 11.0.